The van der Waals surface area contributed by atoms with Crippen LogP contribution in [-0.2, 0) is 19.6 Å². The Hall–Kier alpha value is -3.16. The van der Waals surface area contributed by atoms with Crippen molar-refractivity contribution in [1.29, 1.82) is 0 Å². The highest BCUT2D eigenvalue weighted by Gasteiger charge is 2.28. The van der Waals surface area contributed by atoms with Crippen molar-refractivity contribution >= 4 is 21.7 Å². The average molecular weight is 440 g/mol. The highest BCUT2D eigenvalue weighted by molar-refractivity contribution is 7.92. The number of ether oxygens (including phenoxy) is 1. The molecular weight excluding hydrogens is 414 g/mol. The third-order valence-electron chi connectivity index (χ3n) is 4.73. The van der Waals surface area contributed by atoms with Gasteiger partial charge in [0, 0.05) is 0 Å². The van der Waals surface area contributed by atoms with Crippen LogP contribution in [0.1, 0.15) is 29.3 Å². The number of carbonyl (C=O) groups is 1. The van der Waals surface area contributed by atoms with E-state index in [0.717, 1.165) is 15.6 Å². The van der Waals surface area contributed by atoms with Crippen LogP contribution in [-0.4, -0.2) is 28.1 Å². The molecule has 0 N–H and O–H groups in total. The van der Waals surface area contributed by atoms with Gasteiger partial charge < -0.3 is 4.74 Å². The summed E-state index contributed by atoms with van der Waals surface area (Å²) in [4.78, 5) is 17.6. The average Bonchev–Trinajstić information content (AvgIpc) is 2.80. The number of nitrogens with zero attached hydrogens (tertiary/aromatic N) is 1. The summed E-state index contributed by atoms with van der Waals surface area (Å²) in [5, 5.41) is 0. The number of benzene rings is 3. The molecule has 3 rings (SSSR count). The molecule has 0 heterocycles. The number of methoxy groups -OCH3 is 1. The first kappa shape index (κ1) is 22.5. The lowest BCUT2D eigenvalue weighted by Crippen LogP contribution is -2.31. The number of anilines is 1. The summed E-state index contributed by atoms with van der Waals surface area (Å²) in [6.45, 7) is 3.83. The molecule has 3 aromatic carbocycles. The smallest absolute Gasteiger partial charge is 0.338 e. The Morgan fingerprint density at radius 2 is 1.58 bits per heavy atom. The van der Waals surface area contributed by atoms with Crippen LogP contribution in [0, 0.1) is 6.92 Å². The second-order valence-electron chi connectivity index (χ2n) is 6.95. The number of hydrogen-bond acceptors (Lipinski definition) is 5. The van der Waals surface area contributed by atoms with Crippen molar-refractivity contribution in [2.75, 3.05) is 18.2 Å². The Labute approximate surface area is 183 Å². The van der Waals surface area contributed by atoms with Crippen LogP contribution in [0.25, 0.3) is 11.1 Å². The number of sulfonamides is 1. The minimum absolute atomic E-state index is 0.0539. The minimum Gasteiger partial charge on any atom is -0.465 e. The summed E-state index contributed by atoms with van der Waals surface area (Å²) in [6.07, 6.45) is 0.634. The van der Waals surface area contributed by atoms with Crippen molar-refractivity contribution in [1.82, 2.24) is 0 Å². The molecule has 31 heavy (non-hydrogen) atoms. The molecule has 0 spiro atoms. The van der Waals surface area contributed by atoms with E-state index in [1.807, 2.05) is 49.4 Å². The van der Waals surface area contributed by atoms with Crippen LogP contribution in [0.3, 0.4) is 0 Å². The highest BCUT2D eigenvalue weighted by Crippen LogP contribution is 2.28. The lowest BCUT2D eigenvalue weighted by atomic mass is 10.1. The summed E-state index contributed by atoms with van der Waals surface area (Å²) >= 11 is 0. The fraction of sp³-hybridized carbons (Fsp3) is 0.208. The van der Waals surface area contributed by atoms with Crippen LogP contribution in [0.5, 0.6) is 0 Å². The van der Waals surface area contributed by atoms with Crippen molar-refractivity contribution in [2.45, 2.75) is 25.2 Å². The van der Waals surface area contributed by atoms with Crippen LogP contribution in [0.4, 0.5) is 5.69 Å². The highest BCUT2D eigenvalue weighted by atomic mass is 32.2. The summed E-state index contributed by atoms with van der Waals surface area (Å²) in [5.41, 5.74) is 3.17. The number of aryl methyl sites for hydroxylation is 1. The van der Waals surface area contributed by atoms with E-state index in [0.29, 0.717) is 17.7 Å². The van der Waals surface area contributed by atoms with E-state index in [9.17, 15) is 13.2 Å². The molecule has 7 heteroatoms. The maximum atomic E-state index is 13.4. The quantitative estimate of drug-likeness (QED) is 0.365. The molecule has 0 aliphatic heterocycles. The number of carbonyl (C=O) groups excluding carboxylic acids is 1. The summed E-state index contributed by atoms with van der Waals surface area (Å²) in [7, 11) is -2.82. The van der Waals surface area contributed by atoms with Gasteiger partial charge in [-0.1, -0.05) is 55.5 Å². The molecule has 0 bridgehead atoms. The molecule has 0 saturated carbocycles. The van der Waals surface area contributed by atoms with Gasteiger partial charge in [0.25, 0.3) is 10.0 Å². The third-order valence-corrected chi connectivity index (χ3v) is 6.33. The van der Waals surface area contributed by atoms with Gasteiger partial charge in [0.2, 0.25) is 0 Å². The Morgan fingerprint density at radius 1 is 0.935 bits per heavy atom. The number of rotatable bonds is 8. The van der Waals surface area contributed by atoms with Gasteiger partial charge in [-0.2, -0.15) is 8.42 Å². The lowest BCUT2D eigenvalue weighted by molar-refractivity contribution is 0.0599. The first-order valence-corrected chi connectivity index (χ1v) is 11.3. The van der Waals surface area contributed by atoms with Crippen molar-refractivity contribution in [3.63, 3.8) is 0 Å². The molecule has 0 radical (unpaired) electrons. The Kier molecular flexibility index (Phi) is 7.09. The summed E-state index contributed by atoms with van der Waals surface area (Å²) in [6, 6.07) is 21.2. The fourth-order valence-corrected chi connectivity index (χ4v) is 4.36. The second kappa shape index (κ2) is 9.76. The SMILES string of the molecule is CCCON(c1ccc(-c2ccccc2)cc1)S(=O)(=O)c1ccc(C)c(C(=O)OC)c1. The van der Waals surface area contributed by atoms with Gasteiger partial charge >= 0.3 is 5.97 Å². The van der Waals surface area contributed by atoms with Crippen molar-refractivity contribution in [3.05, 3.63) is 83.9 Å². The van der Waals surface area contributed by atoms with Crippen molar-refractivity contribution in [3.8, 4) is 11.1 Å². The van der Waals surface area contributed by atoms with Crippen molar-refractivity contribution < 1.29 is 22.8 Å². The van der Waals surface area contributed by atoms with E-state index in [-0.39, 0.29) is 17.1 Å². The molecule has 0 aliphatic carbocycles. The number of hydrogen-bond donors (Lipinski definition) is 0. The molecule has 0 aromatic heterocycles. The Balaban J connectivity index is 2.01. The predicted molar refractivity (Wildman–Crippen MR) is 120 cm³/mol. The topological polar surface area (TPSA) is 72.9 Å². The van der Waals surface area contributed by atoms with E-state index in [1.165, 1.54) is 19.2 Å². The standard InChI is InChI=1S/C24H25NO5S/c1-4-16-30-25(21-13-11-20(12-14-21)19-8-6-5-7-9-19)31(27,28)22-15-10-18(2)23(17-22)24(26)29-3/h5-15,17H,4,16H2,1-3H3. The van der Waals surface area contributed by atoms with Crippen LogP contribution in [0.2, 0.25) is 0 Å². The first-order valence-electron chi connectivity index (χ1n) is 9.91. The van der Waals surface area contributed by atoms with E-state index in [2.05, 4.69) is 0 Å². The van der Waals surface area contributed by atoms with Crippen LogP contribution >= 0.6 is 0 Å². The zero-order valence-corrected chi connectivity index (χ0v) is 18.6. The normalized spacial score (nSPS) is 11.2. The van der Waals surface area contributed by atoms with E-state index in [1.54, 1.807) is 25.1 Å². The molecular formula is C24H25NO5S. The maximum Gasteiger partial charge on any atom is 0.338 e. The van der Waals surface area contributed by atoms with Gasteiger partial charge in [-0.25, -0.2) is 4.79 Å². The van der Waals surface area contributed by atoms with Gasteiger partial charge in [0.15, 0.2) is 0 Å². The molecule has 0 fully saturated rings. The fourth-order valence-electron chi connectivity index (χ4n) is 3.05. The Morgan fingerprint density at radius 3 is 2.19 bits per heavy atom. The van der Waals surface area contributed by atoms with Gasteiger partial charge in [0.05, 0.1) is 29.9 Å². The molecule has 6 nitrogen and oxygen atoms in total. The van der Waals surface area contributed by atoms with Crippen LogP contribution in [0.15, 0.2) is 77.7 Å². The maximum absolute atomic E-state index is 13.4. The van der Waals surface area contributed by atoms with E-state index >= 15 is 0 Å². The van der Waals surface area contributed by atoms with E-state index in [4.69, 9.17) is 9.57 Å². The predicted octanol–water partition coefficient (Wildman–Crippen LogP) is 4.99. The molecule has 0 amide bonds. The lowest BCUT2D eigenvalue weighted by Gasteiger charge is -2.24. The van der Waals surface area contributed by atoms with Gasteiger partial charge in [0.1, 0.15) is 0 Å². The molecule has 0 atom stereocenters. The zero-order valence-electron chi connectivity index (χ0n) is 17.7. The minimum atomic E-state index is -4.08. The monoisotopic (exact) mass is 439 g/mol. The van der Waals surface area contributed by atoms with Gasteiger partial charge in [-0.05, 0) is 54.3 Å². The summed E-state index contributed by atoms with van der Waals surface area (Å²) < 4.78 is 32.5. The van der Waals surface area contributed by atoms with Crippen LogP contribution < -0.4 is 4.47 Å². The zero-order chi connectivity index (χ0) is 22.4. The molecule has 162 valence electrons. The van der Waals surface area contributed by atoms with E-state index < -0.39 is 16.0 Å². The largest absolute Gasteiger partial charge is 0.465 e. The molecule has 0 unspecified atom stereocenters. The second-order valence-corrected chi connectivity index (χ2v) is 8.70. The Bertz CT molecular complexity index is 1140. The molecule has 0 saturated heterocycles. The third kappa shape index (κ3) is 4.95. The molecule has 3 aromatic rings. The van der Waals surface area contributed by atoms with Gasteiger partial charge in [-0.15, -0.1) is 4.47 Å². The number of esters is 1. The summed E-state index contributed by atoms with van der Waals surface area (Å²) in [5.74, 6) is -0.595. The van der Waals surface area contributed by atoms with Crippen molar-refractivity contribution in [2.24, 2.45) is 0 Å². The first-order chi connectivity index (χ1) is 14.9. The molecule has 0 aliphatic rings. The van der Waals surface area contributed by atoms with Gasteiger partial charge in [-0.3, -0.25) is 4.84 Å².